The molecule has 1 fully saturated rings. The highest BCUT2D eigenvalue weighted by Crippen LogP contribution is 2.36. The van der Waals surface area contributed by atoms with Crippen LogP contribution in [0.3, 0.4) is 0 Å². The smallest absolute Gasteiger partial charge is 0.349 e. The number of hydrogen-bond donors (Lipinski definition) is 0. The fourth-order valence-electron chi connectivity index (χ4n) is 5.50. The Hall–Kier alpha value is -4.11. The van der Waals surface area contributed by atoms with E-state index in [9.17, 15) is 14.0 Å². The highest BCUT2D eigenvalue weighted by atomic mass is 35.5. The molecule has 0 radical (unpaired) electrons. The Morgan fingerprint density at radius 2 is 1.86 bits per heavy atom. The lowest BCUT2D eigenvalue weighted by Gasteiger charge is -2.44. The van der Waals surface area contributed by atoms with Crippen molar-refractivity contribution >= 4 is 34.4 Å². The van der Waals surface area contributed by atoms with Crippen LogP contribution >= 0.6 is 11.6 Å². The Morgan fingerprint density at radius 3 is 2.52 bits per heavy atom. The van der Waals surface area contributed by atoms with Crippen molar-refractivity contribution in [3.63, 3.8) is 0 Å². The maximum atomic E-state index is 15.0. The normalized spacial score (nSPS) is 17.0. The van der Waals surface area contributed by atoms with Gasteiger partial charge in [-0.25, -0.2) is 18.7 Å². The van der Waals surface area contributed by atoms with Gasteiger partial charge in [-0.1, -0.05) is 51.6 Å². The predicted molar refractivity (Wildman–Crippen MR) is 167 cm³/mol. The molecule has 3 aromatic heterocycles. The second kappa shape index (κ2) is 12.0. The summed E-state index contributed by atoms with van der Waals surface area (Å²) in [6, 6.07) is 9.46. The molecule has 0 N–H and O–H groups in total. The van der Waals surface area contributed by atoms with Crippen molar-refractivity contribution in [2.45, 2.75) is 60.0 Å². The van der Waals surface area contributed by atoms with Crippen molar-refractivity contribution in [1.29, 1.82) is 0 Å². The second-order valence-electron chi connectivity index (χ2n) is 10.8. The van der Waals surface area contributed by atoms with Gasteiger partial charge in [-0.3, -0.25) is 9.78 Å². The van der Waals surface area contributed by atoms with Crippen molar-refractivity contribution in [1.82, 2.24) is 24.4 Å². The van der Waals surface area contributed by atoms with Crippen molar-refractivity contribution in [2.75, 3.05) is 18.0 Å². The first-order valence-corrected chi connectivity index (χ1v) is 13.9. The molecule has 1 aliphatic rings. The molecule has 4 heterocycles. The zero-order valence-electron chi connectivity index (χ0n) is 23.7. The minimum atomic E-state index is -0.538. The van der Waals surface area contributed by atoms with Crippen LogP contribution in [-0.2, 0) is 4.79 Å². The van der Waals surface area contributed by atoms with E-state index in [1.54, 1.807) is 35.4 Å². The number of aromatic nitrogens is 4. The molecule has 0 unspecified atom stereocenters. The molecule has 4 aromatic rings. The minimum absolute atomic E-state index is 0. The van der Waals surface area contributed by atoms with E-state index < -0.39 is 11.5 Å². The number of pyridine rings is 2. The first-order valence-electron chi connectivity index (χ1n) is 13.6. The first-order chi connectivity index (χ1) is 19.5. The molecule has 1 saturated heterocycles. The van der Waals surface area contributed by atoms with Gasteiger partial charge in [-0.05, 0) is 62.6 Å². The SMILES string of the molecule is C.C=CC(=O)N1C[C@H](C)N(c2nc(=O)n(-c3c(C)ccnc3C(C)C)c3nc(-c4ccccc4F)c(Cl)cc23)C[C@H]1C. The van der Waals surface area contributed by atoms with Crippen molar-refractivity contribution in [3.05, 3.63) is 87.8 Å². The molecule has 0 bridgehead atoms. The molecule has 8 nitrogen and oxygen atoms in total. The molecular weight excluding hydrogens is 555 g/mol. The predicted octanol–water partition coefficient (Wildman–Crippen LogP) is 6.31. The topological polar surface area (TPSA) is 84.2 Å². The van der Waals surface area contributed by atoms with E-state index in [2.05, 4.69) is 16.5 Å². The summed E-state index contributed by atoms with van der Waals surface area (Å²) in [5.41, 5.74) is 2.33. The molecule has 42 heavy (non-hydrogen) atoms. The zero-order valence-corrected chi connectivity index (χ0v) is 24.5. The summed E-state index contributed by atoms with van der Waals surface area (Å²) in [4.78, 5) is 44.3. The molecule has 1 aliphatic heterocycles. The number of benzene rings is 1. The third kappa shape index (κ3) is 5.29. The maximum Gasteiger partial charge on any atom is 0.355 e. The lowest BCUT2D eigenvalue weighted by Crippen LogP contribution is -2.58. The summed E-state index contributed by atoms with van der Waals surface area (Å²) in [6.45, 7) is 14.3. The Bertz CT molecular complexity index is 1740. The van der Waals surface area contributed by atoms with E-state index in [4.69, 9.17) is 16.6 Å². The number of carbonyl (C=O) groups excluding carboxylic acids is 1. The summed E-state index contributed by atoms with van der Waals surface area (Å²) in [6.07, 6.45) is 3.02. The molecular formula is C32H36ClFN6O2. The molecule has 0 aliphatic carbocycles. The lowest BCUT2D eigenvalue weighted by atomic mass is 10.0. The van der Waals surface area contributed by atoms with Crippen LogP contribution in [0.25, 0.3) is 28.0 Å². The van der Waals surface area contributed by atoms with Gasteiger partial charge in [0.15, 0.2) is 5.65 Å². The van der Waals surface area contributed by atoms with Crippen LogP contribution in [0, 0.1) is 12.7 Å². The molecule has 1 amide bonds. The average Bonchev–Trinajstić information content (AvgIpc) is 2.94. The lowest BCUT2D eigenvalue weighted by molar-refractivity contribution is -0.128. The summed E-state index contributed by atoms with van der Waals surface area (Å²) >= 11 is 6.78. The van der Waals surface area contributed by atoms with Gasteiger partial charge >= 0.3 is 5.69 Å². The number of piperazine rings is 1. The summed E-state index contributed by atoms with van der Waals surface area (Å²) in [7, 11) is 0. The minimum Gasteiger partial charge on any atom is -0.349 e. The number of fused-ring (bicyclic) bond motifs is 1. The number of anilines is 1. The summed E-state index contributed by atoms with van der Waals surface area (Å²) < 4.78 is 16.4. The van der Waals surface area contributed by atoms with E-state index in [1.165, 1.54) is 16.7 Å². The van der Waals surface area contributed by atoms with Gasteiger partial charge in [0, 0.05) is 36.9 Å². The number of hydrogen-bond acceptors (Lipinski definition) is 6. The van der Waals surface area contributed by atoms with Gasteiger partial charge in [-0.2, -0.15) is 4.98 Å². The number of nitrogens with zero attached hydrogens (tertiary/aromatic N) is 6. The van der Waals surface area contributed by atoms with Crippen LogP contribution in [0.2, 0.25) is 5.02 Å². The first kappa shape index (κ1) is 30.8. The van der Waals surface area contributed by atoms with Gasteiger partial charge in [0.05, 0.1) is 27.5 Å². The van der Waals surface area contributed by atoms with Crippen molar-refractivity contribution in [2.24, 2.45) is 0 Å². The van der Waals surface area contributed by atoms with E-state index >= 15 is 0 Å². The second-order valence-corrected chi connectivity index (χ2v) is 11.2. The molecule has 10 heteroatoms. The average molecular weight is 591 g/mol. The fraction of sp³-hybridized carbons (Fsp3) is 0.344. The molecule has 0 saturated carbocycles. The van der Waals surface area contributed by atoms with E-state index in [0.717, 1.165) is 5.56 Å². The number of amides is 1. The Labute approximate surface area is 250 Å². The summed E-state index contributed by atoms with van der Waals surface area (Å²) in [5, 5.41) is 0.763. The number of rotatable bonds is 5. The molecule has 2 atom stereocenters. The number of carbonyl (C=O) groups is 1. The quantitative estimate of drug-likeness (QED) is 0.253. The Kier molecular flexibility index (Phi) is 8.82. The van der Waals surface area contributed by atoms with Gasteiger partial charge < -0.3 is 9.80 Å². The fourth-order valence-corrected chi connectivity index (χ4v) is 5.75. The highest BCUT2D eigenvalue weighted by Gasteiger charge is 2.34. The van der Waals surface area contributed by atoms with Crippen LogP contribution < -0.4 is 10.6 Å². The Morgan fingerprint density at radius 1 is 1.14 bits per heavy atom. The monoisotopic (exact) mass is 590 g/mol. The third-order valence-corrected chi connectivity index (χ3v) is 7.86. The number of halogens is 2. The largest absolute Gasteiger partial charge is 0.355 e. The van der Waals surface area contributed by atoms with Gasteiger partial charge in [-0.15, -0.1) is 0 Å². The summed E-state index contributed by atoms with van der Waals surface area (Å²) in [5.74, 6) is -0.213. The Balaban J connectivity index is 0.00000405. The van der Waals surface area contributed by atoms with Crippen LogP contribution in [-0.4, -0.2) is 55.5 Å². The highest BCUT2D eigenvalue weighted by molar-refractivity contribution is 6.33. The molecule has 5 rings (SSSR count). The molecule has 220 valence electrons. The zero-order chi connectivity index (χ0) is 29.6. The van der Waals surface area contributed by atoms with E-state index in [-0.39, 0.29) is 47.6 Å². The third-order valence-electron chi connectivity index (χ3n) is 7.57. The van der Waals surface area contributed by atoms with Crippen molar-refractivity contribution < 1.29 is 9.18 Å². The van der Waals surface area contributed by atoms with Crippen molar-refractivity contribution in [3.8, 4) is 16.9 Å². The van der Waals surface area contributed by atoms with E-state index in [1.807, 2.05) is 45.6 Å². The number of aryl methyl sites for hydroxylation is 1. The van der Waals surface area contributed by atoms with Gasteiger partial charge in [0.2, 0.25) is 5.91 Å². The van der Waals surface area contributed by atoms with Gasteiger partial charge in [0.1, 0.15) is 11.6 Å². The van der Waals surface area contributed by atoms with Crippen LogP contribution in [0.1, 0.15) is 52.3 Å². The van der Waals surface area contributed by atoms with Gasteiger partial charge in [0.25, 0.3) is 0 Å². The van der Waals surface area contributed by atoms with Crippen LogP contribution in [0.5, 0.6) is 0 Å². The maximum absolute atomic E-state index is 15.0. The van der Waals surface area contributed by atoms with Crippen LogP contribution in [0.4, 0.5) is 10.2 Å². The molecule has 0 spiro atoms. The van der Waals surface area contributed by atoms with Crippen LogP contribution in [0.15, 0.2) is 60.0 Å². The van der Waals surface area contributed by atoms with E-state index in [0.29, 0.717) is 41.3 Å². The molecule has 1 aromatic carbocycles. The standard InChI is InChI=1S/C31H32ClFN6O2.CH4/c1-7-25(40)37-15-20(6)38(16-19(37)5)29-22-14-23(32)27(21-10-8-9-11-24(21)33)35-30(22)39(31(41)36-29)28-18(4)12-13-34-26(28)17(2)3;/h7-14,17,19-20H,1,15-16H2,2-6H3;1H4/t19-,20+;/m1./s1.